The molecule has 2 aromatic rings. The Morgan fingerprint density at radius 2 is 1.91 bits per heavy atom. The van der Waals surface area contributed by atoms with E-state index in [4.69, 9.17) is 9.47 Å². The van der Waals surface area contributed by atoms with Crippen molar-refractivity contribution in [2.75, 3.05) is 25.7 Å². The van der Waals surface area contributed by atoms with Gasteiger partial charge in [-0.15, -0.1) is 0 Å². The average Bonchev–Trinajstić information content (AvgIpc) is 2.59. The van der Waals surface area contributed by atoms with Crippen LogP contribution in [0.4, 0.5) is 5.69 Å². The number of hydrogen-bond acceptors (Lipinski definition) is 3. The molecule has 0 saturated heterocycles. The highest BCUT2D eigenvalue weighted by Crippen LogP contribution is 2.32. The fourth-order valence-electron chi connectivity index (χ4n) is 3.06. The fraction of sp³-hybridized carbons (Fsp3) is 0.316. The molecule has 1 aliphatic rings. The first kappa shape index (κ1) is 15.4. The van der Waals surface area contributed by atoms with Gasteiger partial charge in [0.15, 0.2) is 0 Å². The SMILES string of the molecule is COc1ccc(C(=O)N2CCCc3cc(C)ccc32)c(OC)c1. The van der Waals surface area contributed by atoms with E-state index in [-0.39, 0.29) is 5.91 Å². The number of benzene rings is 2. The molecule has 0 atom stereocenters. The summed E-state index contributed by atoms with van der Waals surface area (Å²) in [5, 5.41) is 0. The Bertz CT molecular complexity index is 739. The summed E-state index contributed by atoms with van der Waals surface area (Å²) in [6.07, 6.45) is 1.99. The molecular weight excluding hydrogens is 290 g/mol. The van der Waals surface area contributed by atoms with E-state index >= 15 is 0 Å². The highest BCUT2D eigenvalue weighted by molar-refractivity contribution is 6.08. The van der Waals surface area contributed by atoms with Crippen molar-refractivity contribution in [2.45, 2.75) is 19.8 Å². The van der Waals surface area contributed by atoms with E-state index in [1.54, 1.807) is 32.4 Å². The van der Waals surface area contributed by atoms with Gasteiger partial charge in [-0.05, 0) is 43.5 Å². The zero-order valence-corrected chi connectivity index (χ0v) is 13.8. The van der Waals surface area contributed by atoms with Gasteiger partial charge in [0.05, 0.1) is 19.8 Å². The topological polar surface area (TPSA) is 38.8 Å². The molecule has 0 bridgehead atoms. The van der Waals surface area contributed by atoms with Gasteiger partial charge in [0.25, 0.3) is 5.91 Å². The molecule has 3 rings (SSSR count). The third-order valence-electron chi connectivity index (χ3n) is 4.24. The zero-order valence-electron chi connectivity index (χ0n) is 13.8. The lowest BCUT2D eigenvalue weighted by molar-refractivity contribution is 0.0982. The number of ether oxygens (including phenoxy) is 2. The lowest BCUT2D eigenvalue weighted by Gasteiger charge is -2.30. The summed E-state index contributed by atoms with van der Waals surface area (Å²) in [6.45, 7) is 2.80. The van der Waals surface area contributed by atoms with Crippen LogP contribution in [0.5, 0.6) is 11.5 Å². The molecule has 0 aromatic heterocycles. The molecule has 1 aliphatic heterocycles. The molecule has 0 N–H and O–H groups in total. The van der Waals surface area contributed by atoms with E-state index < -0.39 is 0 Å². The molecule has 0 saturated carbocycles. The highest BCUT2D eigenvalue weighted by Gasteiger charge is 2.25. The lowest BCUT2D eigenvalue weighted by Crippen LogP contribution is -2.35. The molecule has 0 fully saturated rings. The maximum atomic E-state index is 13.0. The predicted molar refractivity (Wildman–Crippen MR) is 90.7 cm³/mol. The van der Waals surface area contributed by atoms with Gasteiger partial charge >= 0.3 is 0 Å². The Hall–Kier alpha value is -2.49. The minimum atomic E-state index is -0.0330. The Balaban J connectivity index is 1.99. The van der Waals surface area contributed by atoms with Gasteiger partial charge in [-0.1, -0.05) is 17.7 Å². The molecule has 4 heteroatoms. The summed E-state index contributed by atoms with van der Waals surface area (Å²) < 4.78 is 10.6. The number of carbonyl (C=O) groups excluding carboxylic acids is 1. The summed E-state index contributed by atoms with van der Waals surface area (Å²) in [6, 6.07) is 11.6. The highest BCUT2D eigenvalue weighted by atomic mass is 16.5. The number of hydrogen-bond donors (Lipinski definition) is 0. The van der Waals surface area contributed by atoms with Gasteiger partial charge in [-0.3, -0.25) is 4.79 Å². The smallest absolute Gasteiger partial charge is 0.262 e. The normalized spacial score (nSPS) is 13.4. The van der Waals surface area contributed by atoms with Crippen LogP contribution in [0.3, 0.4) is 0 Å². The van der Waals surface area contributed by atoms with Crippen molar-refractivity contribution in [3.05, 3.63) is 53.1 Å². The molecule has 1 amide bonds. The Morgan fingerprint density at radius 1 is 1.09 bits per heavy atom. The van der Waals surface area contributed by atoms with E-state index in [0.717, 1.165) is 25.1 Å². The number of nitrogens with zero attached hydrogens (tertiary/aromatic N) is 1. The number of fused-ring (bicyclic) bond motifs is 1. The third kappa shape index (κ3) is 2.89. The lowest BCUT2D eigenvalue weighted by atomic mass is 9.98. The second-order valence-electron chi connectivity index (χ2n) is 5.76. The molecule has 1 heterocycles. The standard InChI is InChI=1S/C19H21NO3/c1-13-6-9-17-14(11-13)5-4-10-20(17)19(21)16-8-7-15(22-2)12-18(16)23-3/h6-9,11-12H,4-5,10H2,1-3H3. The summed E-state index contributed by atoms with van der Waals surface area (Å²) in [5.41, 5.74) is 4.02. The van der Waals surface area contributed by atoms with E-state index in [9.17, 15) is 4.79 Å². The fourth-order valence-corrected chi connectivity index (χ4v) is 3.06. The van der Waals surface area contributed by atoms with Crippen LogP contribution in [-0.2, 0) is 6.42 Å². The predicted octanol–water partition coefficient (Wildman–Crippen LogP) is 3.61. The van der Waals surface area contributed by atoms with Gasteiger partial charge in [0.2, 0.25) is 0 Å². The van der Waals surface area contributed by atoms with Crippen molar-refractivity contribution in [2.24, 2.45) is 0 Å². The maximum Gasteiger partial charge on any atom is 0.262 e. The Kier molecular flexibility index (Phi) is 4.24. The van der Waals surface area contributed by atoms with Crippen molar-refractivity contribution in [1.29, 1.82) is 0 Å². The second-order valence-corrected chi connectivity index (χ2v) is 5.76. The van der Waals surface area contributed by atoms with Crippen molar-refractivity contribution in [3.8, 4) is 11.5 Å². The zero-order chi connectivity index (χ0) is 16.4. The maximum absolute atomic E-state index is 13.0. The van der Waals surface area contributed by atoms with Crippen molar-refractivity contribution < 1.29 is 14.3 Å². The van der Waals surface area contributed by atoms with Gasteiger partial charge in [-0.2, -0.15) is 0 Å². The van der Waals surface area contributed by atoms with Crippen LogP contribution in [0.25, 0.3) is 0 Å². The number of anilines is 1. The van der Waals surface area contributed by atoms with E-state index in [1.165, 1.54) is 11.1 Å². The van der Waals surface area contributed by atoms with Crippen LogP contribution in [-0.4, -0.2) is 26.7 Å². The quantitative estimate of drug-likeness (QED) is 0.869. The molecular formula is C19H21NO3. The second kappa shape index (κ2) is 6.32. The van der Waals surface area contributed by atoms with Gasteiger partial charge in [0, 0.05) is 18.3 Å². The van der Waals surface area contributed by atoms with E-state index in [0.29, 0.717) is 17.1 Å². The van der Waals surface area contributed by atoms with Gasteiger partial charge < -0.3 is 14.4 Å². The number of amides is 1. The molecule has 2 aromatic carbocycles. The van der Waals surface area contributed by atoms with E-state index in [1.807, 2.05) is 11.0 Å². The molecule has 120 valence electrons. The first-order valence-electron chi connectivity index (χ1n) is 7.77. The summed E-state index contributed by atoms with van der Waals surface area (Å²) in [5.74, 6) is 1.18. The largest absolute Gasteiger partial charge is 0.497 e. The van der Waals surface area contributed by atoms with E-state index in [2.05, 4.69) is 19.1 Å². The van der Waals surface area contributed by atoms with Gasteiger partial charge in [-0.25, -0.2) is 0 Å². The molecule has 23 heavy (non-hydrogen) atoms. The summed E-state index contributed by atoms with van der Waals surface area (Å²) in [4.78, 5) is 14.9. The first-order valence-corrected chi connectivity index (χ1v) is 7.77. The number of methoxy groups -OCH3 is 2. The Labute approximate surface area is 136 Å². The number of aryl methyl sites for hydroxylation is 2. The van der Waals surface area contributed by atoms with Crippen molar-refractivity contribution >= 4 is 11.6 Å². The average molecular weight is 311 g/mol. The summed E-state index contributed by atoms with van der Waals surface area (Å²) in [7, 11) is 3.17. The van der Waals surface area contributed by atoms with Crippen LogP contribution >= 0.6 is 0 Å². The van der Waals surface area contributed by atoms with Crippen LogP contribution < -0.4 is 14.4 Å². The van der Waals surface area contributed by atoms with Gasteiger partial charge in [0.1, 0.15) is 11.5 Å². The minimum Gasteiger partial charge on any atom is -0.497 e. The molecule has 0 unspecified atom stereocenters. The van der Waals surface area contributed by atoms with Crippen LogP contribution in [0.2, 0.25) is 0 Å². The monoisotopic (exact) mass is 311 g/mol. The molecule has 0 radical (unpaired) electrons. The van der Waals surface area contributed by atoms with Crippen LogP contribution in [0.1, 0.15) is 27.9 Å². The Morgan fingerprint density at radius 3 is 2.65 bits per heavy atom. The molecule has 0 aliphatic carbocycles. The number of rotatable bonds is 3. The van der Waals surface area contributed by atoms with Crippen LogP contribution in [0.15, 0.2) is 36.4 Å². The first-order chi connectivity index (χ1) is 11.1. The molecule has 4 nitrogen and oxygen atoms in total. The van der Waals surface area contributed by atoms with Crippen molar-refractivity contribution in [1.82, 2.24) is 0 Å². The number of carbonyl (C=O) groups is 1. The molecule has 0 spiro atoms. The third-order valence-corrected chi connectivity index (χ3v) is 4.24. The van der Waals surface area contributed by atoms with Crippen LogP contribution in [0, 0.1) is 6.92 Å². The minimum absolute atomic E-state index is 0.0330. The van der Waals surface area contributed by atoms with Crippen molar-refractivity contribution in [3.63, 3.8) is 0 Å². The summed E-state index contributed by atoms with van der Waals surface area (Å²) >= 11 is 0.